The van der Waals surface area contributed by atoms with Crippen molar-refractivity contribution in [2.75, 3.05) is 0 Å². The summed E-state index contributed by atoms with van der Waals surface area (Å²) < 4.78 is 0. The fraction of sp³-hybridized carbons (Fsp3) is 0.125. The first-order valence-electron chi connectivity index (χ1n) is 5.72. The van der Waals surface area contributed by atoms with E-state index in [2.05, 4.69) is 6.07 Å². The summed E-state index contributed by atoms with van der Waals surface area (Å²) in [5.41, 5.74) is 5.34. The van der Waals surface area contributed by atoms with E-state index < -0.39 is 0 Å². The third-order valence-electron chi connectivity index (χ3n) is 2.99. The second-order valence-corrected chi connectivity index (χ2v) is 4.34. The molecule has 0 atom stereocenters. The van der Waals surface area contributed by atoms with Gasteiger partial charge in [0, 0.05) is 5.56 Å². The summed E-state index contributed by atoms with van der Waals surface area (Å²) in [6.07, 6.45) is 0.776. The minimum absolute atomic E-state index is 0.511. The van der Waals surface area contributed by atoms with E-state index in [1.807, 2.05) is 44.2 Å². The van der Waals surface area contributed by atoms with Crippen molar-refractivity contribution in [2.45, 2.75) is 13.8 Å². The standard InChI is InChI=1S/C16H13NO/c1-11-4-3-5-12(2)16(11)15-7-13(9-17)6-14(8-15)10-18/h3-8,10H,1-2H3. The molecule has 88 valence electrons. The summed E-state index contributed by atoms with van der Waals surface area (Å²) in [5.74, 6) is 0. The molecule has 0 radical (unpaired) electrons. The van der Waals surface area contributed by atoms with Crippen LogP contribution in [0.4, 0.5) is 0 Å². The van der Waals surface area contributed by atoms with Gasteiger partial charge in [0.2, 0.25) is 0 Å². The van der Waals surface area contributed by atoms with Crippen molar-refractivity contribution >= 4 is 6.29 Å². The predicted molar refractivity (Wildman–Crippen MR) is 71.5 cm³/mol. The Kier molecular flexibility index (Phi) is 3.25. The molecular weight excluding hydrogens is 222 g/mol. The van der Waals surface area contributed by atoms with E-state index in [1.54, 1.807) is 6.07 Å². The number of aryl methyl sites for hydroxylation is 2. The Morgan fingerprint density at radius 1 is 1.11 bits per heavy atom. The highest BCUT2D eigenvalue weighted by Crippen LogP contribution is 2.28. The van der Waals surface area contributed by atoms with E-state index in [9.17, 15) is 4.79 Å². The minimum Gasteiger partial charge on any atom is -0.298 e. The number of nitriles is 1. The number of carbonyl (C=O) groups excluding carboxylic acids is 1. The number of hydrogen-bond acceptors (Lipinski definition) is 2. The molecule has 0 bridgehead atoms. The molecule has 2 nitrogen and oxygen atoms in total. The van der Waals surface area contributed by atoms with Crippen LogP contribution in [0.5, 0.6) is 0 Å². The van der Waals surface area contributed by atoms with Gasteiger partial charge in [0.25, 0.3) is 0 Å². The lowest BCUT2D eigenvalue weighted by molar-refractivity contribution is 0.112. The van der Waals surface area contributed by atoms with E-state index in [1.165, 1.54) is 0 Å². The van der Waals surface area contributed by atoms with Crippen molar-refractivity contribution in [1.29, 1.82) is 5.26 Å². The van der Waals surface area contributed by atoms with Crippen molar-refractivity contribution < 1.29 is 4.79 Å². The highest BCUT2D eigenvalue weighted by molar-refractivity contribution is 5.81. The first kappa shape index (κ1) is 12.1. The molecule has 0 aliphatic carbocycles. The predicted octanol–water partition coefficient (Wildman–Crippen LogP) is 3.65. The van der Waals surface area contributed by atoms with E-state index in [-0.39, 0.29) is 0 Å². The monoisotopic (exact) mass is 235 g/mol. The Morgan fingerprint density at radius 2 is 1.78 bits per heavy atom. The van der Waals surface area contributed by atoms with Crippen LogP contribution in [0.2, 0.25) is 0 Å². The Labute approximate surface area is 107 Å². The molecule has 0 aliphatic heterocycles. The Morgan fingerprint density at radius 3 is 2.33 bits per heavy atom. The Balaban J connectivity index is 2.71. The van der Waals surface area contributed by atoms with Gasteiger partial charge in [-0.2, -0.15) is 5.26 Å². The fourth-order valence-electron chi connectivity index (χ4n) is 2.20. The summed E-state index contributed by atoms with van der Waals surface area (Å²) in [6, 6.07) is 13.4. The van der Waals surface area contributed by atoms with Crippen LogP contribution in [0.15, 0.2) is 36.4 Å². The van der Waals surface area contributed by atoms with E-state index in [4.69, 9.17) is 5.26 Å². The first-order chi connectivity index (χ1) is 8.65. The van der Waals surface area contributed by atoms with Gasteiger partial charge in [0.15, 0.2) is 0 Å². The van der Waals surface area contributed by atoms with Crippen LogP contribution in [-0.2, 0) is 0 Å². The smallest absolute Gasteiger partial charge is 0.150 e. The van der Waals surface area contributed by atoms with Gasteiger partial charge in [0.1, 0.15) is 6.29 Å². The summed E-state index contributed by atoms with van der Waals surface area (Å²) in [7, 11) is 0. The van der Waals surface area contributed by atoms with E-state index in [0.29, 0.717) is 11.1 Å². The molecule has 0 amide bonds. The van der Waals surface area contributed by atoms with Gasteiger partial charge in [-0.1, -0.05) is 18.2 Å². The Bertz CT molecular complexity index is 630. The summed E-state index contributed by atoms with van der Waals surface area (Å²) in [4.78, 5) is 10.9. The summed E-state index contributed by atoms with van der Waals surface area (Å²) in [6.45, 7) is 4.06. The molecule has 0 saturated carbocycles. The van der Waals surface area contributed by atoms with Crippen LogP contribution >= 0.6 is 0 Å². The lowest BCUT2D eigenvalue weighted by atomic mass is 9.93. The average molecular weight is 235 g/mol. The third kappa shape index (κ3) is 2.16. The molecule has 2 heteroatoms. The third-order valence-corrected chi connectivity index (χ3v) is 2.99. The molecule has 0 aromatic heterocycles. The van der Waals surface area contributed by atoms with Gasteiger partial charge in [-0.05, 0) is 54.3 Å². The van der Waals surface area contributed by atoms with Crippen molar-refractivity contribution in [3.8, 4) is 17.2 Å². The lowest BCUT2D eigenvalue weighted by Gasteiger charge is -2.10. The summed E-state index contributed by atoms with van der Waals surface area (Å²) >= 11 is 0. The highest BCUT2D eigenvalue weighted by Gasteiger charge is 2.07. The molecule has 0 aliphatic rings. The maximum Gasteiger partial charge on any atom is 0.150 e. The average Bonchev–Trinajstić information content (AvgIpc) is 2.38. The topological polar surface area (TPSA) is 40.9 Å². The molecule has 0 saturated heterocycles. The second kappa shape index (κ2) is 4.85. The number of carbonyl (C=O) groups is 1. The zero-order valence-corrected chi connectivity index (χ0v) is 10.4. The first-order valence-corrected chi connectivity index (χ1v) is 5.72. The number of nitrogens with zero attached hydrogens (tertiary/aromatic N) is 1. The van der Waals surface area contributed by atoms with Crippen LogP contribution in [0.3, 0.4) is 0 Å². The van der Waals surface area contributed by atoms with E-state index in [0.717, 1.165) is 28.5 Å². The fourth-order valence-corrected chi connectivity index (χ4v) is 2.20. The molecule has 0 heterocycles. The molecule has 0 unspecified atom stereocenters. The van der Waals surface area contributed by atoms with Crippen molar-refractivity contribution in [1.82, 2.24) is 0 Å². The second-order valence-electron chi connectivity index (χ2n) is 4.34. The molecular formula is C16H13NO. The largest absolute Gasteiger partial charge is 0.298 e. The number of benzene rings is 2. The molecule has 2 aromatic rings. The lowest BCUT2D eigenvalue weighted by Crippen LogP contribution is -1.91. The number of rotatable bonds is 2. The van der Waals surface area contributed by atoms with Crippen LogP contribution < -0.4 is 0 Å². The number of aldehydes is 1. The molecule has 0 N–H and O–H groups in total. The van der Waals surface area contributed by atoms with Gasteiger partial charge in [0.05, 0.1) is 11.6 Å². The van der Waals surface area contributed by atoms with Crippen LogP contribution in [0.25, 0.3) is 11.1 Å². The van der Waals surface area contributed by atoms with Crippen LogP contribution in [-0.4, -0.2) is 6.29 Å². The minimum atomic E-state index is 0.511. The van der Waals surface area contributed by atoms with Gasteiger partial charge in [-0.3, -0.25) is 4.79 Å². The quantitative estimate of drug-likeness (QED) is 0.745. The van der Waals surface area contributed by atoms with Crippen LogP contribution in [0, 0.1) is 25.2 Å². The van der Waals surface area contributed by atoms with Crippen molar-refractivity contribution in [3.63, 3.8) is 0 Å². The van der Waals surface area contributed by atoms with Gasteiger partial charge >= 0.3 is 0 Å². The van der Waals surface area contributed by atoms with Gasteiger partial charge in [-0.15, -0.1) is 0 Å². The zero-order valence-electron chi connectivity index (χ0n) is 10.4. The van der Waals surface area contributed by atoms with Crippen molar-refractivity contribution in [3.05, 3.63) is 58.7 Å². The van der Waals surface area contributed by atoms with Crippen molar-refractivity contribution in [2.24, 2.45) is 0 Å². The molecule has 0 fully saturated rings. The normalized spacial score (nSPS) is 9.83. The molecule has 2 rings (SSSR count). The maximum absolute atomic E-state index is 10.9. The maximum atomic E-state index is 10.9. The number of hydrogen-bond donors (Lipinski definition) is 0. The molecule has 2 aromatic carbocycles. The van der Waals surface area contributed by atoms with E-state index >= 15 is 0 Å². The molecule has 0 spiro atoms. The highest BCUT2D eigenvalue weighted by atomic mass is 16.1. The van der Waals surface area contributed by atoms with Crippen LogP contribution in [0.1, 0.15) is 27.0 Å². The Hall–Kier alpha value is -2.40. The van der Waals surface area contributed by atoms with Gasteiger partial charge < -0.3 is 0 Å². The zero-order chi connectivity index (χ0) is 13.1. The summed E-state index contributed by atoms with van der Waals surface area (Å²) in [5, 5.41) is 9.00. The van der Waals surface area contributed by atoms with Gasteiger partial charge in [-0.25, -0.2) is 0 Å². The SMILES string of the molecule is Cc1cccc(C)c1-c1cc(C#N)cc(C=O)c1. The molecule has 18 heavy (non-hydrogen) atoms.